The van der Waals surface area contributed by atoms with Crippen LogP contribution in [0.1, 0.15) is 66.6 Å². The van der Waals surface area contributed by atoms with Crippen LogP contribution in [0.2, 0.25) is 10.0 Å². The Bertz CT molecular complexity index is 3240. The van der Waals surface area contributed by atoms with Crippen LogP contribution < -0.4 is 44.9 Å². The summed E-state index contributed by atoms with van der Waals surface area (Å²) in [6, 6.07) is 31.8. The quantitative estimate of drug-likeness (QED) is 0.0632. The number of nitriles is 1. The number of sulfone groups is 1. The van der Waals surface area contributed by atoms with Gasteiger partial charge in [0.25, 0.3) is 0 Å². The van der Waals surface area contributed by atoms with Crippen LogP contribution in [0.25, 0.3) is 4.85 Å². The minimum atomic E-state index is -3.69. The van der Waals surface area contributed by atoms with Crippen molar-refractivity contribution in [1.82, 2.24) is 4.72 Å². The first-order chi connectivity index (χ1) is 33.5. The normalized spacial score (nSPS) is 13.2. The molecule has 71 heavy (non-hydrogen) atoms. The van der Waals surface area contributed by atoms with Crippen LogP contribution in [0.3, 0.4) is 0 Å². The maximum absolute atomic E-state index is 15.3. The smallest absolute Gasteiger partial charge is 0.489 e. The fourth-order valence-electron chi connectivity index (χ4n) is 7.26. The number of hydrogen-bond acceptors (Lipinski definition) is 9. The van der Waals surface area contributed by atoms with Crippen molar-refractivity contribution < 1.29 is 61.4 Å². The second kappa shape index (κ2) is 23.7. The Balaban J connectivity index is 1.23. The van der Waals surface area contributed by atoms with Gasteiger partial charge in [0.15, 0.2) is 21.3 Å². The van der Waals surface area contributed by atoms with E-state index in [1.165, 1.54) is 12.1 Å². The van der Waals surface area contributed by atoms with E-state index in [0.717, 1.165) is 34.8 Å². The van der Waals surface area contributed by atoms with Gasteiger partial charge in [0.1, 0.15) is 37.2 Å². The van der Waals surface area contributed by atoms with Gasteiger partial charge in [-0.3, -0.25) is 0 Å². The molecule has 0 radical (unpaired) electrons. The number of nitrogens with one attached hydrogen (secondary N) is 1. The summed E-state index contributed by atoms with van der Waals surface area (Å²) in [7, 11) is -7.36. The van der Waals surface area contributed by atoms with Crippen molar-refractivity contribution >= 4 is 72.0 Å². The van der Waals surface area contributed by atoms with Gasteiger partial charge in [0.2, 0.25) is 0 Å². The Morgan fingerprint density at radius 2 is 1.23 bits per heavy atom. The summed E-state index contributed by atoms with van der Waals surface area (Å²) in [6.45, 7) is 8.28. The van der Waals surface area contributed by atoms with Crippen molar-refractivity contribution in [3.05, 3.63) is 176 Å². The number of alkyl halides is 2. The molecule has 0 unspecified atom stereocenters. The van der Waals surface area contributed by atoms with E-state index >= 15 is 4.39 Å². The van der Waals surface area contributed by atoms with Gasteiger partial charge in [-0.15, -0.1) is 23.2 Å². The van der Waals surface area contributed by atoms with Crippen LogP contribution in [0.15, 0.2) is 127 Å². The monoisotopic (exact) mass is 1190 g/mol. The second-order valence-electron chi connectivity index (χ2n) is 17.2. The van der Waals surface area contributed by atoms with E-state index in [1.54, 1.807) is 46.6 Å². The van der Waals surface area contributed by atoms with Crippen molar-refractivity contribution in [1.29, 1.82) is 5.26 Å². The number of rotatable bonds is 19. The fraction of sp³-hybridized carbons (Fsp3) is 0.269. The number of ether oxygens (including phenoxy) is 4. The molecule has 5 aromatic carbocycles. The van der Waals surface area contributed by atoms with Gasteiger partial charge in [0, 0.05) is 23.8 Å². The van der Waals surface area contributed by atoms with Crippen LogP contribution in [0.5, 0.6) is 23.0 Å². The molecule has 0 bridgehead atoms. The van der Waals surface area contributed by atoms with E-state index in [1.807, 2.05) is 74.2 Å². The van der Waals surface area contributed by atoms with Gasteiger partial charge in [0.05, 0.1) is 32.3 Å². The molecule has 0 aromatic heterocycles. The van der Waals surface area contributed by atoms with Crippen molar-refractivity contribution in [3.63, 3.8) is 0 Å². The van der Waals surface area contributed by atoms with Gasteiger partial charge in [-0.05, 0) is 51.9 Å². The molecule has 1 aliphatic heterocycles. The van der Waals surface area contributed by atoms with Gasteiger partial charge in [-0.25, -0.2) is 8.42 Å². The van der Waals surface area contributed by atoms with Gasteiger partial charge >= 0.3 is 182 Å². The minimum Gasteiger partial charge on any atom is -0.489 e. The second-order valence-corrected chi connectivity index (χ2v) is 24.6. The molecule has 19 heteroatoms. The van der Waals surface area contributed by atoms with Crippen LogP contribution >= 0.6 is 46.4 Å². The fourth-order valence-corrected chi connectivity index (χ4v) is 11.1. The van der Waals surface area contributed by atoms with Crippen molar-refractivity contribution in [2.45, 2.75) is 50.0 Å². The predicted molar refractivity (Wildman–Crippen MR) is 276 cm³/mol. The third-order valence-electron chi connectivity index (χ3n) is 11.3. The van der Waals surface area contributed by atoms with E-state index in [4.69, 9.17) is 65.4 Å². The SMILES string of the molecule is CC(C)(c1ccc(OCC2=C(F)C(NS(C)(=O)=O)=C[I-]C=C2)cc1)c1cc(Cl)c(OCCCl)c(C#[N+]c2cc(COc3ccc(C(C)(C)c4cc(Cl)c(OCCCl)c(C#N)c4)cc3)cc(S(C)(=O)=O)c2)c1. The summed E-state index contributed by atoms with van der Waals surface area (Å²) in [6.07, 6.45) is 3.70. The molecule has 1 aliphatic rings. The summed E-state index contributed by atoms with van der Waals surface area (Å²) in [4.78, 5) is 4.64. The van der Waals surface area contributed by atoms with Crippen LogP contribution in [-0.2, 0) is 37.3 Å². The number of nitrogens with zero attached hydrogens (tertiary/aromatic N) is 2. The van der Waals surface area contributed by atoms with Gasteiger partial charge in [-0.2, -0.15) is 5.26 Å². The molecule has 374 valence electrons. The molecule has 0 saturated heterocycles. The Morgan fingerprint density at radius 1 is 0.704 bits per heavy atom. The summed E-state index contributed by atoms with van der Waals surface area (Å²) in [5, 5.41) is 10.4. The zero-order chi connectivity index (χ0) is 51.7. The maximum atomic E-state index is 15.3. The van der Waals surface area contributed by atoms with E-state index < -0.39 is 57.7 Å². The van der Waals surface area contributed by atoms with E-state index in [0.29, 0.717) is 39.0 Å². The Morgan fingerprint density at radius 3 is 1.73 bits per heavy atom. The molecule has 1 heterocycles. The number of hydrogen-bond donors (Lipinski definition) is 1. The Labute approximate surface area is 445 Å². The molecule has 0 amide bonds. The first-order valence-electron chi connectivity index (χ1n) is 21.6. The Hall–Kier alpha value is -4.98. The molecule has 6 rings (SSSR count). The molecule has 1 N–H and O–H groups in total. The Kier molecular flexibility index (Phi) is 18.5. The summed E-state index contributed by atoms with van der Waals surface area (Å²) in [5.74, 6) is 1.32. The molecule has 11 nitrogen and oxygen atoms in total. The van der Waals surface area contributed by atoms with Gasteiger partial charge in [-0.1, -0.05) is 49.2 Å². The molecule has 0 aliphatic carbocycles. The predicted octanol–water partition coefficient (Wildman–Crippen LogP) is 9.36. The molecule has 0 saturated carbocycles. The third-order valence-corrected chi connectivity index (χ3v) is 15.6. The van der Waals surface area contributed by atoms with Crippen LogP contribution in [-0.4, -0.2) is 60.9 Å². The number of halogens is 6. The van der Waals surface area contributed by atoms with Crippen molar-refractivity contribution in [2.75, 3.05) is 44.1 Å². The number of allylic oxidation sites excluding steroid dienone is 1. The average molecular weight is 1200 g/mol. The summed E-state index contributed by atoms with van der Waals surface area (Å²) < 4.78 is 94.1. The van der Waals surface area contributed by atoms with E-state index in [2.05, 4.69) is 21.7 Å². The van der Waals surface area contributed by atoms with E-state index in [9.17, 15) is 22.1 Å². The number of benzene rings is 5. The van der Waals surface area contributed by atoms with Crippen molar-refractivity contribution in [3.8, 4) is 35.1 Å². The molecule has 0 fully saturated rings. The number of sulfonamides is 1. The molecular weight excluding hydrogens is 1150 g/mol. The summed E-state index contributed by atoms with van der Waals surface area (Å²) >= 11 is 24.6. The first-order valence-corrected chi connectivity index (χ1v) is 29.7. The van der Waals surface area contributed by atoms with Gasteiger partial charge < -0.3 is 14.2 Å². The molecule has 0 spiro atoms. The topological polar surface area (TPSA) is 145 Å². The first kappa shape index (κ1) is 55.3. The molecule has 5 aromatic rings. The summed E-state index contributed by atoms with van der Waals surface area (Å²) in [5.41, 5.74) is 3.81. The minimum absolute atomic E-state index is 0.0109. The van der Waals surface area contributed by atoms with Crippen molar-refractivity contribution in [2.24, 2.45) is 0 Å². The van der Waals surface area contributed by atoms with Crippen LogP contribution in [0.4, 0.5) is 10.1 Å². The zero-order valence-corrected chi connectivity index (χ0v) is 46.2. The van der Waals surface area contributed by atoms with Crippen LogP contribution in [0, 0.1) is 17.4 Å². The molecular formula is C52H49Cl4FIN3O8S2. The van der Waals surface area contributed by atoms with E-state index in [-0.39, 0.29) is 70.8 Å². The standard InChI is InChI=1S/C52H49Cl4FIN3O8S2/c1-51(2,39-23-35(29-59)49(45(55)25-39)66-19-16-53)37-7-11-42(12-8-37)68-31-33-21-41(27-44(22-33)70(5,62)63)60-30-36-24-40(26-46(56)50(36)67-20-17-54)52(3,4)38-9-13-43(14-10-38)69-32-34-15-18-58-28-47(48(34)57)61-71(6,64)65/h7-15,18,21-28,61H,16-17,19-20,31-32H2,1-6H3. The third kappa shape index (κ3) is 14.4. The average Bonchev–Trinajstić information content (AvgIpc) is 3.49. The zero-order valence-electron chi connectivity index (χ0n) is 39.4. The molecule has 0 atom stereocenters.